The third-order valence-electron chi connectivity index (χ3n) is 12.0. The topological polar surface area (TPSA) is 73.7 Å². The molecule has 62 heavy (non-hydrogen) atoms. The minimum atomic E-state index is -0.703. The van der Waals surface area contributed by atoms with E-state index < -0.39 is 5.41 Å². The average molecular weight is 794 g/mol. The summed E-state index contributed by atoms with van der Waals surface area (Å²) in [5, 5.41) is 0. The SMILES string of the molecule is c1ccc(-c2cc(-c3cccc4c3-c3cc(-c5nc(-c6ccccc6)nc(-c6ccccc6)n5)ccc3C43c4ccccc4Oc4ccccc43)nc(-c3ccccc3)n2)cc1. The molecule has 2 aromatic heterocycles. The Morgan fingerprint density at radius 1 is 0.290 bits per heavy atom. The van der Waals surface area contributed by atoms with E-state index in [9.17, 15) is 0 Å². The summed E-state index contributed by atoms with van der Waals surface area (Å²) in [4.78, 5) is 25.9. The monoisotopic (exact) mass is 793 g/mol. The summed E-state index contributed by atoms with van der Waals surface area (Å²) in [6.07, 6.45) is 0. The number of nitrogens with zero attached hydrogens (tertiary/aromatic N) is 5. The number of rotatable bonds is 6. The van der Waals surface area contributed by atoms with Crippen LogP contribution in [0.3, 0.4) is 0 Å². The predicted molar refractivity (Wildman–Crippen MR) is 245 cm³/mol. The van der Waals surface area contributed by atoms with Crippen molar-refractivity contribution in [3.05, 3.63) is 235 Å². The molecular weight excluding hydrogens is 759 g/mol. The molecule has 1 spiro atoms. The van der Waals surface area contributed by atoms with Gasteiger partial charge in [0, 0.05) is 44.5 Å². The number of aromatic nitrogens is 5. The van der Waals surface area contributed by atoms with Crippen molar-refractivity contribution in [2.24, 2.45) is 0 Å². The van der Waals surface area contributed by atoms with Crippen molar-refractivity contribution in [1.82, 2.24) is 24.9 Å². The lowest BCUT2D eigenvalue weighted by Crippen LogP contribution is -2.32. The van der Waals surface area contributed by atoms with Crippen LogP contribution in [0, 0.1) is 0 Å². The molecule has 0 fully saturated rings. The second-order valence-electron chi connectivity index (χ2n) is 15.6. The van der Waals surface area contributed by atoms with Gasteiger partial charge in [0.05, 0.1) is 16.8 Å². The fraction of sp³-hybridized carbons (Fsp3) is 0.0179. The summed E-state index contributed by atoms with van der Waals surface area (Å²) >= 11 is 0. The van der Waals surface area contributed by atoms with Gasteiger partial charge < -0.3 is 4.74 Å². The van der Waals surface area contributed by atoms with Gasteiger partial charge in [-0.15, -0.1) is 0 Å². The van der Waals surface area contributed by atoms with E-state index in [-0.39, 0.29) is 0 Å². The van der Waals surface area contributed by atoms with Crippen LogP contribution < -0.4 is 4.74 Å². The Bertz CT molecular complexity index is 3160. The smallest absolute Gasteiger partial charge is 0.164 e. The molecule has 0 radical (unpaired) electrons. The lowest BCUT2D eigenvalue weighted by molar-refractivity contribution is 0.436. The van der Waals surface area contributed by atoms with Gasteiger partial charge in [-0.05, 0) is 46.5 Å². The van der Waals surface area contributed by atoms with Crippen molar-refractivity contribution in [3.63, 3.8) is 0 Å². The Morgan fingerprint density at radius 2 is 0.742 bits per heavy atom. The van der Waals surface area contributed by atoms with Gasteiger partial charge in [0.2, 0.25) is 0 Å². The van der Waals surface area contributed by atoms with Crippen LogP contribution in [0.25, 0.3) is 79.2 Å². The van der Waals surface area contributed by atoms with Crippen molar-refractivity contribution >= 4 is 0 Å². The second kappa shape index (κ2) is 14.4. The van der Waals surface area contributed by atoms with Crippen LogP contribution in [0.5, 0.6) is 11.5 Å². The zero-order valence-corrected chi connectivity index (χ0v) is 33.4. The molecule has 3 heterocycles. The van der Waals surface area contributed by atoms with Crippen molar-refractivity contribution < 1.29 is 4.74 Å². The van der Waals surface area contributed by atoms with Gasteiger partial charge in [0.1, 0.15) is 11.5 Å². The second-order valence-corrected chi connectivity index (χ2v) is 15.6. The highest BCUT2D eigenvalue weighted by atomic mass is 16.5. The van der Waals surface area contributed by atoms with Gasteiger partial charge in [-0.25, -0.2) is 24.9 Å². The highest BCUT2D eigenvalue weighted by Crippen LogP contribution is 2.63. The molecule has 1 aliphatic carbocycles. The van der Waals surface area contributed by atoms with Crippen LogP contribution in [0.1, 0.15) is 22.3 Å². The number of hydrogen-bond donors (Lipinski definition) is 0. The molecule has 6 heteroatoms. The maximum absolute atomic E-state index is 6.69. The summed E-state index contributed by atoms with van der Waals surface area (Å²) < 4.78 is 6.69. The molecule has 0 saturated heterocycles. The summed E-state index contributed by atoms with van der Waals surface area (Å²) in [5.41, 5.74) is 13.3. The number of ether oxygens (including phenoxy) is 1. The van der Waals surface area contributed by atoms with Crippen LogP contribution in [-0.2, 0) is 5.41 Å². The van der Waals surface area contributed by atoms with Crippen LogP contribution >= 0.6 is 0 Å². The molecule has 12 rings (SSSR count). The molecule has 290 valence electrons. The molecule has 1 aliphatic heterocycles. The minimum Gasteiger partial charge on any atom is -0.457 e. The van der Waals surface area contributed by atoms with Gasteiger partial charge in [0.25, 0.3) is 0 Å². The number of para-hydroxylation sites is 2. The molecule has 0 amide bonds. The lowest BCUT2D eigenvalue weighted by atomic mass is 9.66. The molecule has 2 aliphatic rings. The molecule has 0 atom stereocenters. The Hall–Kier alpha value is -8.35. The van der Waals surface area contributed by atoms with Gasteiger partial charge in [-0.1, -0.05) is 188 Å². The van der Waals surface area contributed by atoms with Crippen molar-refractivity contribution in [2.75, 3.05) is 0 Å². The number of benzene rings is 8. The van der Waals surface area contributed by atoms with E-state index in [1.807, 2.05) is 97.1 Å². The Balaban J connectivity index is 1.16. The number of hydrogen-bond acceptors (Lipinski definition) is 6. The van der Waals surface area contributed by atoms with Crippen molar-refractivity contribution in [3.8, 4) is 90.7 Å². The fourth-order valence-corrected chi connectivity index (χ4v) is 9.30. The van der Waals surface area contributed by atoms with Gasteiger partial charge in [-0.2, -0.15) is 0 Å². The molecular formula is C56H35N5O. The highest BCUT2D eigenvalue weighted by Gasteiger charge is 2.51. The summed E-state index contributed by atoms with van der Waals surface area (Å²) in [5.74, 6) is 4.14. The zero-order valence-electron chi connectivity index (χ0n) is 33.4. The van der Waals surface area contributed by atoms with Crippen molar-refractivity contribution in [2.45, 2.75) is 5.41 Å². The van der Waals surface area contributed by atoms with Crippen molar-refractivity contribution in [1.29, 1.82) is 0 Å². The normalized spacial score (nSPS) is 12.8. The molecule has 6 nitrogen and oxygen atoms in total. The molecule has 0 saturated carbocycles. The van der Waals surface area contributed by atoms with E-state index >= 15 is 0 Å². The van der Waals surface area contributed by atoms with Crippen LogP contribution in [0.2, 0.25) is 0 Å². The highest BCUT2D eigenvalue weighted by molar-refractivity contribution is 5.97. The first-order valence-corrected chi connectivity index (χ1v) is 20.8. The van der Waals surface area contributed by atoms with Crippen LogP contribution in [0.4, 0.5) is 0 Å². The Labute approximate surface area is 359 Å². The maximum Gasteiger partial charge on any atom is 0.164 e. The largest absolute Gasteiger partial charge is 0.457 e. The molecule has 10 aromatic rings. The Morgan fingerprint density at radius 3 is 1.31 bits per heavy atom. The quantitative estimate of drug-likeness (QED) is 0.167. The number of fused-ring (bicyclic) bond motifs is 9. The van der Waals surface area contributed by atoms with E-state index in [1.54, 1.807) is 0 Å². The standard InChI is InChI=1S/C56H35N5O/c1-5-18-36(19-6-1)47-35-48(58-52(57-47)37-20-7-2-8-21-37)41-26-17-29-46-51(41)42-34-40(55-60-53(38-22-9-3-10-23-38)59-54(61-55)39-24-11-4-12-25-39)32-33-43(42)56(46)44-27-13-15-30-49(44)62-50-31-16-14-28-45(50)56/h1-35H. The van der Waals surface area contributed by atoms with Gasteiger partial charge in [0.15, 0.2) is 23.3 Å². The molecule has 8 aromatic carbocycles. The molecule has 0 N–H and O–H groups in total. The first-order chi connectivity index (χ1) is 30.7. The van der Waals surface area contributed by atoms with Gasteiger partial charge >= 0.3 is 0 Å². The third-order valence-corrected chi connectivity index (χ3v) is 12.0. The predicted octanol–water partition coefficient (Wildman–Crippen LogP) is 13.1. The average Bonchev–Trinajstić information content (AvgIpc) is 3.65. The summed E-state index contributed by atoms with van der Waals surface area (Å²) in [6.45, 7) is 0. The third kappa shape index (κ3) is 5.69. The van der Waals surface area contributed by atoms with E-state index in [4.69, 9.17) is 29.7 Å². The van der Waals surface area contributed by atoms with E-state index in [0.29, 0.717) is 23.3 Å². The first kappa shape index (κ1) is 35.6. The lowest BCUT2D eigenvalue weighted by Gasteiger charge is -2.39. The van der Waals surface area contributed by atoms with E-state index in [2.05, 4.69) is 115 Å². The molecule has 0 bridgehead atoms. The first-order valence-electron chi connectivity index (χ1n) is 20.8. The zero-order chi connectivity index (χ0) is 41.0. The molecule has 0 unspecified atom stereocenters. The fourth-order valence-electron chi connectivity index (χ4n) is 9.30. The minimum absolute atomic E-state index is 0.591. The van der Waals surface area contributed by atoms with E-state index in [1.165, 1.54) is 0 Å². The maximum atomic E-state index is 6.69. The summed E-state index contributed by atoms with van der Waals surface area (Å²) in [6, 6.07) is 73.1. The van der Waals surface area contributed by atoms with E-state index in [0.717, 1.165) is 89.6 Å². The Kier molecular flexibility index (Phi) is 8.28. The van der Waals surface area contributed by atoms with Crippen LogP contribution in [0.15, 0.2) is 212 Å². The summed E-state index contributed by atoms with van der Waals surface area (Å²) in [7, 11) is 0. The van der Waals surface area contributed by atoms with Crippen LogP contribution in [-0.4, -0.2) is 24.9 Å². The van der Waals surface area contributed by atoms with Gasteiger partial charge in [-0.3, -0.25) is 0 Å².